The first kappa shape index (κ1) is 14.9. The van der Waals surface area contributed by atoms with Crippen LogP contribution >= 0.6 is 0 Å². The molecule has 0 atom stereocenters. The SMILES string of the molecule is CCCCN(CC)CC(C)(C)N1CCNCC1. The third kappa shape index (κ3) is 4.94. The highest BCUT2D eigenvalue weighted by Crippen LogP contribution is 2.17. The summed E-state index contributed by atoms with van der Waals surface area (Å²) in [5.41, 5.74) is 0.311. The molecule has 3 nitrogen and oxygen atoms in total. The number of nitrogens with one attached hydrogen (secondary N) is 1. The van der Waals surface area contributed by atoms with Crippen LogP contribution in [-0.2, 0) is 0 Å². The molecule has 0 aliphatic carbocycles. The third-order valence-corrected chi connectivity index (χ3v) is 3.86. The molecule has 1 N–H and O–H groups in total. The van der Waals surface area contributed by atoms with Gasteiger partial charge in [-0.05, 0) is 33.4 Å². The molecule has 0 amide bonds. The van der Waals surface area contributed by atoms with Gasteiger partial charge in [0.25, 0.3) is 0 Å². The zero-order valence-corrected chi connectivity index (χ0v) is 12.3. The molecule has 1 aliphatic rings. The van der Waals surface area contributed by atoms with Crippen molar-refractivity contribution in [3.63, 3.8) is 0 Å². The number of likely N-dealkylation sites (N-methyl/N-ethyl adjacent to an activating group) is 1. The first-order chi connectivity index (χ1) is 8.10. The third-order valence-electron chi connectivity index (χ3n) is 3.86. The molecule has 1 rings (SSSR count). The van der Waals surface area contributed by atoms with E-state index in [0.29, 0.717) is 5.54 Å². The maximum Gasteiger partial charge on any atom is 0.0281 e. The van der Waals surface area contributed by atoms with Gasteiger partial charge >= 0.3 is 0 Å². The smallest absolute Gasteiger partial charge is 0.0281 e. The number of piperazine rings is 1. The summed E-state index contributed by atoms with van der Waals surface area (Å²) in [6, 6.07) is 0. The lowest BCUT2D eigenvalue weighted by molar-refractivity contribution is 0.0643. The van der Waals surface area contributed by atoms with Crippen LogP contribution in [0.15, 0.2) is 0 Å². The van der Waals surface area contributed by atoms with E-state index in [9.17, 15) is 0 Å². The van der Waals surface area contributed by atoms with Gasteiger partial charge in [0.2, 0.25) is 0 Å². The van der Waals surface area contributed by atoms with Crippen LogP contribution in [0, 0.1) is 0 Å². The van der Waals surface area contributed by atoms with Gasteiger partial charge in [0.15, 0.2) is 0 Å². The van der Waals surface area contributed by atoms with Crippen molar-refractivity contribution in [3.8, 4) is 0 Å². The van der Waals surface area contributed by atoms with Crippen molar-refractivity contribution < 1.29 is 0 Å². The fraction of sp³-hybridized carbons (Fsp3) is 1.00. The van der Waals surface area contributed by atoms with Gasteiger partial charge in [0.05, 0.1) is 0 Å². The molecule has 102 valence electrons. The molecule has 1 saturated heterocycles. The minimum atomic E-state index is 0.311. The summed E-state index contributed by atoms with van der Waals surface area (Å²) in [4.78, 5) is 5.24. The van der Waals surface area contributed by atoms with Crippen molar-refractivity contribution in [2.45, 2.75) is 46.1 Å². The van der Waals surface area contributed by atoms with Crippen LogP contribution in [0.3, 0.4) is 0 Å². The van der Waals surface area contributed by atoms with E-state index in [4.69, 9.17) is 0 Å². The largest absolute Gasteiger partial charge is 0.314 e. The Kier molecular flexibility index (Phi) is 6.45. The summed E-state index contributed by atoms with van der Waals surface area (Å²) < 4.78 is 0. The number of unbranched alkanes of at least 4 members (excludes halogenated alkanes) is 1. The van der Waals surface area contributed by atoms with Crippen LogP contribution in [0.2, 0.25) is 0 Å². The Balaban J connectivity index is 2.44. The average molecular weight is 241 g/mol. The van der Waals surface area contributed by atoms with Crippen molar-refractivity contribution in [1.82, 2.24) is 15.1 Å². The van der Waals surface area contributed by atoms with E-state index in [2.05, 4.69) is 42.8 Å². The highest BCUT2D eigenvalue weighted by molar-refractivity contribution is 4.87. The molecule has 1 aliphatic heterocycles. The molecule has 17 heavy (non-hydrogen) atoms. The lowest BCUT2D eigenvalue weighted by Crippen LogP contribution is -2.57. The minimum absolute atomic E-state index is 0.311. The summed E-state index contributed by atoms with van der Waals surface area (Å²) in [6.45, 7) is 17.6. The topological polar surface area (TPSA) is 18.5 Å². The van der Waals surface area contributed by atoms with Gasteiger partial charge in [-0.1, -0.05) is 20.3 Å². The quantitative estimate of drug-likeness (QED) is 0.733. The summed E-state index contributed by atoms with van der Waals surface area (Å²) in [7, 11) is 0. The molecule has 0 spiro atoms. The van der Waals surface area contributed by atoms with Crippen molar-refractivity contribution in [2.24, 2.45) is 0 Å². The van der Waals surface area contributed by atoms with Gasteiger partial charge < -0.3 is 10.2 Å². The Morgan fingerprint density at radius 1 is 1.18 bits per heavy atom. The lowest BCUT2D eigenvalue weighted by atomic mass is 10.0. The zero-order valence-electron chi connectivity index (χ0n) is 12.3. The molecule has 1 fully saturated rings. The summed E-state index contributed by atoms with van der Waals surface area (Å²) in [5, 5.41) is 3.43. The van der Waals surface area contributed by atoms with Gasteiger partial charge in [-0.15, -0.1) is 0 Å². The second-order valence-corrected chi connectivity index (χ2v) is 5.77. The van der Waals surface area contributed by atoms with Crippen LogP contribution in [0.25, 0.3) is 0 Å². The lowest BCUT2D eigenvalue weighted by Gasteiger charge is -2.43. The molecule has 0 aromatic rings. The Morgan fingerprint density at radius 2 is 1.82 bits per heavy atom. The fourth-order valence-corrected chi connectivity index (χ4v) is 2.65. The van der Waals surface area contributed by atoms with Crippen LogP contribution in [0.4, 0.5) is 0 Å². The van der Waals surface area contributed by atoms with Gasteiger partial charge in [0, 0.05) is 38.3 Å². The highest BCUT2D eigenvalue weighted by atomic mass is 15.3. The van der Waals surface area contributed by atoms with Crippen molar-refractivity contribution in [2.75, 3.05) is 45.8 Å². The van der Waals surface area contributed by atoms with Crippen molar-refractivity contribution in [3.05, 3.63) is 0 Å². The first-order valence-corrected chi connectivity index (χ1v) is 7.28. The minimum Gasteiger partial charge on any atom is -0.314 e. The molecular weight excluding hydrogens is 210 g/mol. The van der Waals surface area contributed by atoms with Gasteiger partial charge in [-0.2, -0.15) is 0 Å². The maximum atomic E-state index is 3.43. The number of nitrogens with zero attached hydrogens (tertiary/aromatic N) is 2. The summed E-state index contributed by atoms with van der Waals surface area (Å²) >= 11 is 0. The van der Waals surface area contributed by atoms with Crippen LogP contribution in [0.5, 0.6) is 0 Å². The second-order valence-electron chi connectivity index (χ2n) is 5.77. The molecule has 0 saturated carbocycles. The van der Waals surface area contributed by atoms with Gasteiger partial charge in [0.1, 0.15) is 0 Å². The standard InChI is InChI=1S/C14H31N3/c1-5-7-10-16(6-2)13-14(3,4)17-11-8-15-9-12-17/h15H,5-13H2,1-4H3. The van der Waals surface area contributed by atoms with Gasteiger partial charge in [-0.3, -0.25) is 4.90 Å². The molecule has 0 bridgehead atoms. The molecule has 0 radical (unpaired) electrons. The zero-order chi connectivity index (χ0) is 12.7. The number of rotatable bonds is 7. The number of hydrogen-bond donors (Lipinski definition) is 1. The molecule has 3 heteroatoms. The normalized spacial score (nSPS) is 18.9. The van der Waals surface area contributed by atoms with E-state index in [1.165, 1.54) is 45.6 Å². The van der Waals surface area contributed by atoms with Gasteiger partial charge in [-0.25, -0.2) is 0 Å². The fourth-order valence-electron chi connectivity index (χ4n) is 2.65. The Morgan fingerprint density at radius 3 is 2.35 bits per heavy atom. The maximum absolute atomic E-state index is 3.43. The number of hydrogen-bond acceptors (Lipinski definition) is 3. The van der Waals surface area contributed by atoms with Crippen LogP contribution < -0.4 is 5.32 Å². The molecule has 0 aromatic heterocycles. The van der Waals surface area contributed by atoms with Crippen LogP contribution in [0.1, 0.15) is 40.5 Å². The highest BCUT2D eigenvalue weighted by Gasteiger charge is 2.29. The van der Waals surface area contributed by atoms with Crippen molar-refractivity contribution >= 4 is 0 Å². The predicted molar refractivity (Wildman–Crippen MR) is 75.5 cm³/mol. The second kappa shape index (κ2) is 7.34. The Bertz CT molecular complexity index is 198. The van der Waals surface area contributed by atoms with E-state index < -0.39 is 0 Å². The molecule has 0 aromatic carbocycles. The first-order valence-electron chi connectivity index (χ1n) is 7.28. The van der Waals surface area contributed by atoms with E-state index in [0.717, 1.165) is 13.1 Å². The van der Waals surface area contributed by atoms with E-state index in [-0.39, 0.29) is 0 Å². The predicted octanol–water partition coefficient (Wildman–Crippen LogP) is 1.79. The Labute approximate surface area is 108 Å². The van der Waals surface area contributed by atoms with E-state index >= 15 is 0 Å². The Hall–Kier alpha value is -0.120. The van der Waals surface area contributed by atoms with Crippen LogP contribution in [-0.4, -0.2) is 61.2 Å². The van der Waals surface area contributed by atoms with E-state index in [1.807, 2.05) is 0 Å². The average Bonchev–Trinajstić information content (AvgIpc) is 2.35. The van der Waals surface area contributed by atoms with Crippen molar-refractivity contribution in [1.29, 1.82) is 0 Å². The molecule has 0 unspecified atom stereocenters. The molecule has 1 heterocycles. The molecular formula is C14H31N3. The monoisotopic (exact) mass is 241 g/mol. The summed E-state index contributed by atoms with van der Waals surface area (Å²) in [5.74, 6) is 0. The van der Waals surface area contributed by atoms with E-state index in [1.54, 1.807) is 0 Å². The summed E-state index contributed by atoms with van der Waals surface area (Å²) in [6.07, 6.45) is 2.62.